The molecule has 16 heavy (non-hydrogen) atoms. The highest BCUT2D eigenvalue weighted by atomic mass is 35.5. The van der Waals surface area contributed by atoms with Gasteiger partial charge in [-0.3, -0.25) is 4.79 Å². The lowest BCUT2D eigenvalue weighted by Crippen LogP contribution is -2.30. The minimum Gasteiger partial charge on any atom is -0.339 e. The van der Waals surface area contributed by atoms with Crippen LogP contribution < -0.4 is 11.3 Å². The van der Waals surface area contributed by atoms with Crippen LogP contribution in [0, 0.1) is 0 Å². The lowest BCUT2D eigenvalue weighted by atomic mass is 10.2. The molecule has 6 heteroatoms. The van der Waals surface area contributed by atoms with E-state index in [1.165, 1.54) is 6.20 Å². The second-order valence-electron chi connectivity index (χ2n) is 3.18. The van der Waals surface area contributed by atoms with Gasteiger partial charge in [0, 0.05) is 19.3 Å². The van der Waals surface area contributed by atoms with E-state index >= 15 is 0 Å². The van der Waals surface area contributed by atoms with E-state index in [0.29, 0.717) is 29.5 Å². The largest absolute Gasteiger partial charge is 0.339 e. The Morgan fingerprint density at radius 1 is 1.56 bits per heavy atom. The molecule has 0 fully saturated rings. The molecule has 0 atom stereocenters. The molecule has 1 rings (SSSR count). The van der Waals surface area contributed by atoms with Gasteiger partial charge < -0.3 is 10.3 Å². The Labute approximate surface area is 99.6 Å². The molecule has 1 aromatic rings. The zero-order valence-electron chi connectivity index (χ0n) is 9.33. The maximum Gasteiger partial charge on any atom is 0.255 e. The monoisotopic (exact) mass is 242 g/mol. The van der Waals surface area contributed by atoms with E-state index < -0.39 is 0 Å². The number of amides is 1. The number of hydrogen-bond donors (Lipinski definition) is 2. The molecule has 0 bridgehead atoms. The second-order valence-corrected chi connectivity index (χ2v) is 3.58. The molecular formula is C10H15ClN4O. The topological polar surface area (TPSA) is 71.2 Å². The van der Waals surface area contributed by atoms with Crippen LogP contribution in [0.4, 0.5) is 5.82 Å². The molecule has 88 valence electrons. The summed E-state index contributed by atoms with van der Waals surface area (Å²) >= 11 is 5.89. The van der Waals surface area contributed by atoms with Crippen molar-refractivity contribution in [2.75, 3.05) is 18.5 Å². The summed E-state index contributed by atoms with van der Waals surface area (Å²) in [5, 5.41) is 0.334. The average molecular weight is 243 g/mol. The molecule has 0 aromatic carbocycles. The fourth-order valence-corrected chi connectivity index (χ4v) is 1.58. The molecule has 0 radical (unpaired) electrons. The van der Waals surface area contributed by atoms with E-state index in [9.17, 15) is 4.79 Å². The Bertz CT molecular complexity index is 379. The minimum atomic E-state index is -0.0806. The Kier molecular flexibility index (Phi) is 4.52. The van der Waals surface area contributed by atoms with Gasteiger partial charge in [-0.25, -0.2) is 10.8 Å². The molecule has 0 aliphatic rings. The third-order valence-corrected chi connectivity index (χ3v) is 2.56. The molecule has 0 aliphatic carbocycles. The quantitative estimate of drug-likeness (QED) is 0.620. The van der Waals surface area contributed by atoms with E-state index in [1.54, 1.807) is 11.0 Å². The Hall–Kier alpha value is -1.33. The van der Waals surface area contributed by atoms with Crippen LogP contribution in [0.15, 0.2) is 12.3 Å². The van der Waals surface area contributed by atoms with Gasteiger partial charge in [0.1, 0.15) is 0 Å². The summed E-state index contributed by atoms with van der Waals surface area (Å²) in [5.74, 6) is 5.48. The Balaban J connectivity index is 2.96. The molecule has 3 N–H and O–H groups in total. The molecule has 1 amide bonds. The highest BCUT2D eigenvalue weighted by molar-refractivity contribution is 6.33. The number of nitrogens with two attached hydrogens (primary N) is 1. The van der Waals surface area contributed by atoms with E-state index in [1.807, 2.05) is 13.8 Å². The number of carbonyl (C=O) groups is 1. The van der Waals surface area contributed by atoms with Crippen molar-refractivity contribution in [1.82, 2.24) is 9.88 Å². The zero-order chi connectivity index (χ0) is 12.1. The van der Waals surface area contributed by atoms with Gasteiger partial charge in [0.15, 0.2) is 5.82 Å². The third-order valence-electron chi connectivity index (χ3n) is 2.28. The summed E-state index contributed by atoms with van der Waals surface area (Å²) in [6.45, 7) is 5.16. The van der Waals surface area contributed by atoms with Gasteiger partial charge in [-0.15, -0.1) is 0 Å². The molecule has 5 nitrogen and oxygen atoms in total. The number of hydrazine groups is 1. The highest BCUT2D eigenvalue weighted by Gasteiger charge is 2.14. The third kappa shape index (κ3) is 2.62. The second kappa shape index (κ2) is 5.67. The first-order chi connectivity index (χ1) is 7.63. The van der Waals surface area contributed by atoms with E-state index in [2.05, 4.69) is 10.4 Å². The maximum absolute atomic E-state index is 11.9. The molecule has 0 saturated carbocycles. The molecule has 0 spiro atoms. The number of rotatable bonds is 4. The van der Waals surface area contributed by atoms with Crippen molar-refractivity contribution in [1.29, 1.82) is 0 Å². The summed E-state index contributed by atoms with van der Waals surface area (Å²) in [6, 6.07) is 1.56. The molecule has 0 saturated heterocycles. The van der Waals surface area contributed by atoms with Crippen LogP contribution in [0.1, 0.15) is 24.2 Å². The first kappa shape index (κ1) is 12.7. The first-order valence-corrected chi connectivity index (χ1v) is 5.43. The zero-order valence-corrected chi connectivity index (χ0v) is 10.1. The Morgan fingerprint density at radius 2 is 2.19 bits per heavy atom. The fraction of sp³-hybridized carbons (Fsp3) is 0.400. The van der Waals surface area contributed by atoms with Crippen molar-refractivity contribution in [2.24, 2.45) is 5.84 Å². The smallest absolute Gasteiger partial charge is 0.255 e. The van der Waals surface area contributed by atoms with Crippen molar-refractivity contribution < 1.29 is 4.79 Å². The van der Waals surface area contributed by atoms with Gasteiger partial charge in [0.2, 0.25) is 0 Å². The summed E-state index contributed by atoms with van der Waals surface area (Å²) < 4.78 is 0. The number of pyridine rings is 1. The average Bonchev–Trinajstić information content (AvgIpc) is 2.30. The summed E-state index contributed by atoms with van der Waals surface area (Å²) in [4.78, 5) is 17.6. The van der Waals surface area contributed by atoms with Crippen molar-refractivity contribution >= 4 is 23.3 Å². The highest BCUT2D eigenvalue weighted by Crippen LogP contribution is 2.19. The lowest BCUT2D eigenvalue weighted by Gasteiger charge is -2.18. The molecule has 0 aliphatic heterocycles. The van der Waals surface area contributed by atoms with Crippen molar-refractivity contribution in [2.45, 2.75) is 13.8 Å². The van der Waals surface area contributed by atoms with Crippen LogP contribution in [0.3, 0.4) is 0 Å². The lowest BCUT2D eigenvalue weighted by molar-refractivity contribution is 0.0772. The maximum atomic E-state index is 11.9. The number of carbonyl (C=O) groups excluding carboxylic acids is 1. The molecule has 1 aromatic heterocycles. The van der Waals surface area contributed by atoms with Crippen LogP contribution in [-0.2, 0) is 0 Å². The molecule has 1 heterocycles. The van der Waals surface area contributed by atoms with E-state index in [0.717, 1.165) is 0 Å². The van der Waals surface area contributed by atoms with E-state index in [4.69, 9.17) is 17.4 Å². The van der Waals surface area contributed by atoms with Crippen LogP contribution in [0.2, 0.25) is 5.02 Å². The standard InChI is InChI=1S/C10H15ClN4O/c1-3-15(4-2)10(16)7-5-8(11)9(14-12)13-6-7/h5-6H,3-4,12H2,1-2H3,(H,13,14). The van der Waals surface area contributed by atoms with Gasteiger partial charge in [-0.2, -0.15) is 0 Å². The number of hydrogen-bond acceptors (Lipinski definition) is 4. The Morgan fingerprint density at radius 3 is 2.62 bits per heavy atom. The predicted molar refractivity (Wildman–Crippen MR) is 64.3 cm³/mol. The summed E-state index contributed by atoms with van der Waals surface area (Å²) in [6.07, 6.45) is 1.46. The molecular weight excluding hydrogens is 228 g/mol. The van der Waals surface area contributed by atoms with Crippen molar-refractivity contribution in [3.63, 3.8) is 0 Å². The van der Waals surface area contributed by atoms with Gasteiger partial charge in [0.25, 0.3) is 5.91 Å². The van der Waals surface area contributed by atoms with Crippen LogP contribution in [0.25, 0.3) is 0 Å². The fourth-order valence-electron chi connectivity index (χ4n) is 1.35. The van der Waals surface area contributed by atoms with Gasteiger partial charge >= 0.3 is 0 Å². The minimum absolute atomic E-state index is 0.0806. The molecule has 0 unspecified atom stereocenters. The summed E-state index contributed by atoms with van der Waals surface area (Å²) in [7, 11) is 0. The predicted octanol–water partition coefficient (Wildman–Crippen LogP) is 1.50. The van der Waals surface area contributed by atoms with Gasteiger partial charge in [0.05, 0.1) is 10.6 Å². The normalized spacial score (nSPS) is 10.0. The van der Waals surface area contributed by atoms with Crippen molar-refractivity contribution in [3.8, 4) is 0 Å². The number of halogens is 1. The van der Waals surface area contributed by atoms with Crippen LogP contribution >= 0.6 is 11.6 Å². The number of nitrogens with one attached hydrogen (secondary N) is 1. The first-order valence-electron chi connectivity index (χ1n) is 5.05. The number of nitrogen functional groups attached to an aromatic ring is 1. The number of aromatic nitrogens is 1. The van der Waals surface area contributed by atoms with E-state index in [-0.39, 0.29) is 5.91 Å². The van der Waals surface area contributed by atoms with Gasteiger partial charge in [-0.05, 0) is 19.9 Å². The van der Waals surface area contributed by atoms with Crippen LogP contribution in [0.5, 0.6) is 0 Å². The van der Waals surface area contributed by atoms with Crippen molar-refractivity contribution in [3.05, 3.63) is 22.8 Å². The summed E-state index contributed by atoms with van der Waals surface area (Å²) in [5.41, 5.74) is 2.82. The van der Waals surface area contributed by atoms with Crippen LogP contribution in [-0.4, -0.2) is 28.9 Å². The number of anilines is 1. The SMILES string of the molecule is CCN(CC)C(=O)c1cnc(NN)c(Cl)c1. The number of nitrogens with zero attached hydrogens (tertiary/aromatic N) is 2. The van der Waals surface area contributed by atoms with Gasteiger partial charge in [-0.1, -0.05) is 11.6 Å².